The van der Waals surface area contributed by atoms with Crippen LogP contribution in [0.3, 0.4) is 0 Å². The Hall–Kier alpha value is 0. The van der Waals surface area contributed by atoms with E-state index in [0.717, 1.165) is 5.92 Å². The normalized spacial score (nSPS) is 17.4. The lowest BCUT2D eigenvalue weighted by Gasteiger charge is -2.18. The van der Waals surface area contributed by atoms with Crippen LogP contribution < -0.4 is 0 Å². The maximum absolute atomic E-state index is 2.35. The van der Waals surface area contributed by atoms with Gasteiger partial charge >= 0.3 is 0 Å². The van der Waals surface area contributed by atoms with Gasteiger partial charge in [0.2, 0.25) is 0 Å². The van der Waals surface area contributed by atoms with Crippen molar-refractivity contribution in [3.8, 4) is 0 Å². The predicted molar refractivity (Wildman–Crippen MR) is 71.2 cm³/mol. The molecule has 1 aliphatic carbocycles. The first kappa shape index (κ1) is 15.0. The van der Waals surface area contributed by atoms with E-state index in [-0.39, 0.29) is 0 Å². The van der Waals surface area contributed by atoms with E-state index in [1.165, 1.54) is 51.4 Å². The summed E-state index contributed by atoms with van der Waals surface area (Å²) in [5.41, 5.74) is 0.551. The molecule has 0 aromatic rings. The summed E-state index contributed by atoms with van der Waals surface area (Å²) in [6, 6.07) is 0. The molecule has 0 aromatic heterocycles. The molecular weight excluding hydrogens is 180 g/mol. The second-order valence-electron chi connectivity index (χ2n) is 5.96. The number of hydrogen-bond acceptors (Lipinski definition) is 0. The summed E-state index contributed by atoms with van der Waals surface area (Å²) in [6.07, 6.45) is 11.9. The van der Waals surface area contributed by atoms with Crippen molar-refractivity contribution in [1.29, 1.82) is 0 Å². The Morgan fingerprint density at radius 3 is 1.93 bits per heavy atom. The van der Waals surface area contributed by atoms with Crippen molar-refractivity contribution < 1.29 is 0 Å². The van der Waals surface area contributed by atoms with Gasteiger partial charge in [-0.05, 0) is 17.8 Å². The molecule has 0 radical (unpaired) electrons. The van der Waals surface area contributed by atoms with Gasteiger partial charge in [-0.15, -0.1) is 0 Å². The maximum Gasteiger partial charge on any atom is -0.0383 e. The monoisotopic (exact) mass is 212 g/mol. The van der Waals surface area contributed by atoms with Crippen LogP contribution in [-0.2, 0) is 0 Å². The van der Waals surface area contributed by atoms with Crippen molar-refractivity contribution in [2.24, 2.45) is 11.3 Å². The minimum atomic E-state index is 0.551. The predicted octanol–water partition coefficient (Wildman–Crippen LogP) is 5.81. The topological polar surface area (TPSA) is 0 Å². The summed E-state index contributed by atoms with van der Waals surface area (Å²) >= 11 is 0. The van der Waals surface area contributed by atoms with Gasteiger partial charge in [-0.25, -0.2) is 0 Å². The Labute approximate surface area is 97.8 Å². The van der Waals surface area contributed by atoms with Crippen LogP contribution in [0.4, 0.5) is 0 Å². The third-order valence-electron chi connectivity index (χ3n) is 3.26. The Morgan fingerprint density at radius 2 is 1.47 bits per heavy atom. The quantitative estimate of drug-likeness (QED) is 0.516. The Bertz CT molecular complexity index is 123. The highest BCUT2D eigenvalue weighted by Crippen LogP contribution is 2.30. The summed E-state index contributed by atoms with van der Waals surface area (Å²) in [5, 5.41) is 0. The van der Waals surface area contributed by atoms with Crippen LogP contribution in [-0.4, -0.2) is 0 Å². The van der Waals surface area contributed by atoms with Crippen molar-refractivity contribution in [3.63, 3.8) is 0 Å². The van der Waals surface area contributed by atoms with E-state index >= 15 is 0 Å². The van der Waals surface area contributed by atoms with E-state index in [2.05, 4.69) is 20.8 Å². The molecule has 1 rings (SSSR count). The van der Waals surface area contributed by atoms with Crippen molar-refractivity contribution in [1.82, 2.24) is 0 Å². The largest absolute Gasteiger partial charge is 0.0683 e. The number of hydrogen-bond donors (Lipinski definition) is 0. The average Bonchev–Trinajstić information content (AvgIpc) is 2.67. The minimum Gasteiger partial charge on any atom is -0.0683 e. The van der Waals surface area contributed by atoms with E-state index in [0.29, 0.717) is 5.41 Å². The van der Waals surface area contributed by atoms with Crippen LogP contribution in [0.5, 0.6) is 0 Å². The Balaban J connectivity index is 0.000000921. The first-order valence-electron chi connectivity index (χ1n) is 7.08. The van der Waals surface area contributed by atoms with Crippen molar-refractivity contribution >= 4 is 0 Å². The summed E-state index contributed by atoms with van der Waals surface area (Å²) in [6.45, 7) is 11.0. The van der Waals surface area contributed by atoms with Crippen LogP contribution in [0, 0.1) is 11.3 Å². The molecule has 92 valence electrons. The molecule has 1 aliphatic rings. The molecular formula is C15H32. The van der Waals surface area contributed by atoms with Crippen molar-refractivity contribution in [3.05, 3.63) is 0 Å². The van der Waals surface area contributed by atoms with E-state index in [1.807, 2.05) is 13.8 Å². The number of unbranched alkanes of at least 4 members (excludes halogenated alkanes) is 1. The third kappa shape index (κ3) is 8.96. The fourth-order valence-electron chi connectivity index (χ4n) is 2.39. The first-order valence-corrected chi connectivity index (χ1v) is 7.08. The van der Waals surface area contributed by atoms with E-state index in [4.69, 9.17) is 0 Å². The second-order valence-corrected chi connectivity index (χ2v) is 5.96. The average molecular weight is 212 g/mol. The second kappa shape index (κ2) is 8.19. The van der Waals surface area contributed by atoms with E-state index in [9.17, 15) is 0 Å². The molecule has 0 bridgehead atoms. The molecule has 0 saturated heterocycles. The third-order valence-corrected chi connectivity index (χ3v) is 3.26. The zero-order valence-electron chi connectivity index (χ0n) is 11.7. The molecule has 0 atom stereocenters. The molecule has 1 saturated carbocycles. The van der Waals surface area contributed by atoms with Crippen LogP contribution in [0.1, 0.15) is 86.0 Å². The highest BCUT2D eigenvalue weighted by atomic mass is 14.2. The summed E-state index contributed by atoms with van der Waals surface area (Å²) in [5.74, 6) is 1.10. The van der Waals surface area contributed by atoms with Crippen LogP contribution in [0.2, 0.25) is 0 Å². The summed E-state index contributed by atoms with van der Waals surface area (Å²) in [4.78, 5) is 0. The highest BCUT2D eigenvalue weighted by Gasteiger charge is 2.15. The van der Waals surface area contributed by atoms with Crippen LogP contribution >= 0.6 is 0 Å². The molecule has 0 heteroatoms. The summed E-state index contributed by atoms with van der Waals surface area (Å²) in [7, 11) is 0. The molecule has 0 nitrogen and oxygen atoms in total. The molecule has 15 heavy (non-hydrogen) atoms. The molecule has 0 aliphatic heterocycles. The van der Waals surface area contributed by atoms with Crippen molar-refractivity contribution in [2.45, 2.75) is 86.0 Å². The van der Waals surface area contributed by atoms with Crippen molar-refractivity contribution in [2.75, 3.05) is 0 Å². The fourth-order valence-corrected chi connectivity index (χ4v) is 2.39. The minimum absolute atomic E-state index is 0.551. The fraction of sp³-hybridized carbons (Fsp3) is 1.00. The molecule has 0 heterocycles. The lowest BCUT2D eigenvalue weighted by molar-refractivity contribution is 0.347. The van der Waals surface area contributed by atoms with Gasteiger partial charge in [0.15, 0.2) is 0 Å². The van der Waals surface area contributed by atoms with Gasteiger partial charge in [0.1, 0.15) is 0 Å². The summed E-state index contributed by atoms with van der Waals surface area (Å²) < 4.78 is 0. The van der Waals surface area contributed by atoms with Gasteiger partial charge < -0.3 is 0 Å². The standard InChI is InChI=1S/C13H26.C2H6/c1-13(2,3)11-7-6-10-12-8-4-5-9-12;1-2/h12H,4-11H2,1-3H3;1-2H3. The van der Waals surface area contributed by atoms with E-state index in [1.54, 1.807) is 0 Å². The first-order chi connectivity index (χ1) is 7.08. The van der Waals surface area contributed by atoms with Gasteiger partial charge in [0.25, 0.3) is 0 Å². The van der Waals surface area contributed by atoms with Gasteiger partial charge in [-0.1, -0.05) is 79.6 Å². The Morgan fingerprint density at radius 1 is 0.933 bits per heavy atom. The zero-order chi connectivity index (χ0) is 11.7. The molecule has 0 spiro atoms. The lowest BCUT2D eigenvalue weighted by Crippen LogP contribution is -2.04. The highest BCUT2D eigenvalue weighted by molar-refractivity contribution is 4.68. The van der Waals surface area contributed by atoms with Crippen LogP contribution in [0.15, 0.2) is 0 Å². The van der Waals surface area contributed by atoms with E-state index < -0.39 is 0 Å². The molecule has 0 aromatic carbocycles. The Kier molecular flexibility index (Phi) is 8.19. The van der Waals surface area contributed by atoms with Gasteiger partial charge in [-0.3, -0.25) is 0 Å². The smallest absolute Gasteiger partial charge is 0.0383 e. The molecule has 0 unspecified atom stereocenters. The lowest BCUT2D eigenvalue weighted by atomic mass is 9.88. The molecule has 0 amide bonds. The van der Waals surface area contributed by atoms with Gasteiger partial charge in [0.05, 0.1) is 0 Å². The maximum atomic E-state index is 2.35. The number of rotatable bonds is 4. The molecule has 1 fully saturated rings. The zero-order valence-corrected chi connectivity index (χ0v) is 11.7. The van der Waals surface area contributed by atoms with Gasteiger partial charge in [-0.2, -0.15) is 0 Å². The SMILES string of the molecule is CC.CC(C)(C)CCCCC1CCCC1. The molecule has 0 N–H and O–H groups in total. The van der Waals surface area contributed by atoms with Crippen LogP contribution in [0.25, 0.3) is 0 Å². The van der Waals surface area contributed by atoms with Gasteiger partial charge in [0, 0.05) is 0 Å².